The molecule has 1 aliphatic carbocycles. The van der Waals surface area contributed by atoms with Gasteiger partial charge in [-0.2, -0.15) is 10.4 Å². The molecule has 0 saturated heterocycles. The van der Waals surface area contributed by atoms with Gasteiger partial charge in [-0.3, -0.25) is 4.79 Å². The maximum absolute atomic E-state index is 12.7. The number of carbonyl (C=O) groups excluding carboxylic acids is 1. The second-order valence-electron chi connectivity index (χ2n) is 8.40. The Morgan fingerprint density at radius 3 is 2.72 bits per heavy atom. The highest BCUT2D eigenvalue weighted by Crippen LogP contribution is 2.26. The summed E-state index contributed by atoms with van der Waals surface area (Å²) in [7, 11) is 0. The zero-order valence-corrected chi connectivity index (χ0v) is 18.1. The molecular weight excluding hydrogens is 362 g/mol. The number of hydrogen-bond donors (Lipinski definition) is 1. The maximum atomic E-state index is 12.7. The molecule has 0 spiro atoms. The molecule has 154 valence electrons. The molecule has 6 nitrogen and oxygen atoms in total. The second kappa shape index (κ2) is 8.69. The van der Waals surface area contributed by atoms with Crippen LogP contribution in [0.2, 0.25) is 0 Å². The van der Waals surface area contributed by atoms with Crippen LogP contribution >= 0.6 is 0 Å². The van der Waals surface area contributed by atoms with Crippen LogP contribution in [0.25, 0.3) is 11.9 Å². The Balaban J connectivity index is 1.90. The van der Waals surface area contributed by atoms with Crippen LogP contribution in [-0.2, 0) is 4.79 Å². The number of carbonyl (C=O) groups is 1. The van der Waals surface area contributed by atoms with Crippen LogP contribution in [0.1, 0.15) is 69.4 Å². The van der Waals surface area contributed by atoms with Gasteiger partial charge in [-0.1, -0.05) is 19.8 Å². The van der Waals surface area contributed by atoms with E-state index in [1.54, 1.807) is 12.3 Å². The number of nitriles is 1. The normalized spacial score (nSPS) is 20.0. The molecule has 2 atom stereocenters. The lowest BCUT2D eigenvalue weighted by atomic mass is 9.86. The predicted octanol–water partition coefficient (Wildman–Crippen LogP) is 4.47. The van der Waals surface area contributed by atoms with Gasteiger partial charge < -0.3 is 9.88 Å². The molecule has 0 radical (unpaired) electrons. The summed E-state index contributed by atoms with van der Waals surface area (Å²) in [5, 5.41) is 17.1. The van der Waals surface area contributed by atoms with E-state index in [0.29, 0.717) is 5.92 Å². The van der Waals surface area contributed by atoms with Crippen molar-refractivity contribution in [3.8, 4) is 11.9 Å². The standard InChI is InChI=1S/C23H31N5O/c1-15(2)28-22(10-11-25-28)27-17(4)12-19(18(27)5)13-20(14-24)23(29)26-21-9-7-6-8-16(21)3/h10-13,15-16,21H,6-9H2,1-5H3,(H,26,29)/b20-13+/t16-,21+/m0/s1. The molecule has 1 saturated carbocycles. The van der Waals surface area contributed by atoms with Crippen molar-refractivity contribution in [3.05, 3.63) is 40.9 Å². The number of amides is 1. The van der Waals surface area contributed by atoms with Gasteiger partial charge >= 0.3 is 0 Å². The molecule has 1 amide bonds. The van der Waals surface area contributed by atoms with E-state index in [0.717, 1.165) is 42.0 Å². The summed E-state index contributed by atoms with van der Waals surface area (Å²) >= 11 is 0. The highest BCUT2D eigenvalue weighted by atomic mass is 16.1. The first-order valence-corrected chi connectivity index (χ1v) is 10.5. The van der Waals surface area contributed by atoms with E-state index in [1.807, 2.05) is 30.7 Å². The molecule has 6 heteroatoms. The molecule has 0 aromatic carbocycles. The average Bonchev–Trinajstić information content (AvgIpc) is 3.25. The summed E-state index contributed by atoms with van der Waals surface area (Å²) in [6.07, 6.45) is 7.96. The first-order chi connectivity index (χ1) is 13.8. The largest absolute Gasteiger partial charge is 0.348 e. The number of aromatic nitrogens is 3. The lowest BCUT2D eigenvalue weighted by Crippen LogP contribution is -2.41. The van der Waals surface area contributed by atoms with Gasteiger partial charge in [0, 0.05) is 29.5 Å². The van der Waals surface area contributed by atoms with Crippen LogP contribution < -0.4 is 5.32 Å². The first-order valence-electron chi connectivity index (χ1n) is 10.5. The number of nitrogens with zero attached hydrogens (tertiary/aromatic N) is 4. The molecule has 29 heavy (non-hydrogen) atoms. The number of rotatable bonds is 5. The molecule has 0 unspecified atom stereocenters. The van der Waals surface area contributed by atoms with Gasteiger partial charge in [0.05, 0.1) is 6.20 Å². The average molecular weight is 394 g/mol. The topological polar surface area (TPSA) is 75.6 Å². The van der Waals surface area contributed by atoms with Gasteiger partial charge in [0.15, 0.2) is 0 Å². The molecule has 0 bridgehead atoms. The molecule has 1 aliphatic rings. The van der Waals surface area contributed by atoms with Crippen molar-refractivity contribution in [2.24, 2.45) is 5.92 Å². The van der Waals surface area contributed by atoms with E-state index < -0.39 is 0 Å². The van der Waals surface area contributed by atoms with E-state index in [4.69, 9.17) is 0 Å². The van der Waals surface area contributed by atoms with Gasteiger partial charge in [0.2, 0.25) is 0 Å². The smallest absolute Gasteiger partial charge is 0.262 e. The summed E-state index contributed by atoms with van der Waals surface area (Å²) in [4.78, 5) is 12.7. The van der Waals surface area contributed by atoms with Gasteiger partial charge in [-0.25, -0.2) is 4.68 Å². The van der Waals surface area contributed by atoms with Crippen LogP contribution in [0, 0.1) is 31.1 Å². The van der Waals surface area contributed by atoms with Gasteiger partial charge in [0.25, 0.3) is 5.91 Å². The third kappa shape index (κ3) is 4.29. The molecule has 0 aliphatic heterocycles. The molecule has 2 heterocycles. The molecule has 1 N–H and O–H groups in total. The van der Waals surface area contributed by atoms with Crippen molar-refractivity contribution >= 4 is 12.0 Å². The maximum Gasteiger partial charge on any atom is 0.262 e. The quantitative estimate of drug-likeness (QED) is 0.601. The van der Waals surface area contributed by atoms with Crippen molar-refractivity contribution in [3.63, 3.8) is 0 Å². The highest BCUT2D eigenvalue weighted by molar-refractivity contribution is 6.02. The Labute approximate surface area is 173 Å². The lowest BCUT2D eigenvalue weighted by Gasteiger charge is -2.29. The van der Waals surface area contributed by atoms with Crippen LogP contribution in [0.15, 0.2) is 23.9 Å². The fourth-order valence-electron chi connectivity index (χ4n) is 4.25. The molecular formula is C23H31N5O. The fraction of sp³-hybridized carbons (Fsp3) is 0.522. The highest BCUT2D eigenvalue weighted by Gasteiger charge is 2.24. The van der Waals surface area contributed by atoms with E-state index in [2.05, 4.69) is 41.8 Å². The van der Waals surface area contributed by atoms with Crippen molar-refractivity contribution in [2.75, 3.05) is 0 Å². The minimum Gasteiger partial charge on any atom is -0.348 e. The number of nitrogens with one attached hydrogen (secondary N) is 1. The van der Waals surface area contributed by atoms with Crippen LogP contribution in [0.5, 0.6) is 0 Å². The minimum absolute atomic E-state index is 0.153. The zero-order chi connectivity index (χ0) is 21.1. The Morgan fingerprint density at radius 2 is 2.07 bits per heavy atom. The van der Waals surface area contributed by atoms with E-state index in [1.165, 1.54) is 6.42 Å². The Bertz CT molecular complexity index is 957. The van der Waals surface area contributed by atoms with Gasteiger partial charge in [-0.15, -0.1) is 0 Å². The van der Waals surface area contributed by atoms with Crippen LogP contribution in [0.4, 0.5) is 0 Å². The summed E-state index contributed by atoms with van der Waals surface area (Å²) in [5.41, 5.74) is 3.05. The van der Waals surface area contributed by atoms with Gasteiger partial charge in [0.1, 0.15) is 17.5 Å². The third-order valence-corrected chi connectivity index (χ3v) is 5.93. The van der Waals surface area contributed by atoms with Crippen molar-refractivity contribution in [2.45, 2.75) is 72.4 Å². The summed E-state index contributed by atoms with van der Waals surface area (Å²) in [5.74, 6) is 1.16. The molecule has 3 rings (SSSR count). The summed E-state index contributed by atoms with van der Waals surface area (Å²) in [6.45, 7) is 10.4. The Morgan fingerprint density at radius 1 is 1.34 bits per heavy atom. The monoisotopic (exact) mass is 393 g/mol. The van der Waals surface area contributed by atoms with Crippen molar-refractivity contribution < 1.29 is 4.79 Å². The Hall–Kier alpha value is -2.81. The SMILES string of the molecule is Cc1cc(/C=C(\C#N)C(=O)N[C@@H]2CCCC[C@@H]2C)c(C)n1-c1ccnn1C(C)C. The van der Waals surface area contributed by atoms with Crippen molar-refractivity contribution in [1.82, 2.24) is 19.7 Å². The summed E-state index contributed by atoms with van der Waals surface area (Å²) < 4.78 is 4.09. The molecule has 2 aromatic rings. The van der Waals surface area contributed by atoms with E-state index in [9.17, 15) is 10.1 Å². The van der Waals surface area contributed by atoms with Crippen molar-refractivity contribution in [1.29, 1.82) is 5.26 Å². The molecule has 1 fully saturated rings. The third-order valence-electron chi connectivity index (χ3n) is 5.93. The Kier molecular flexibility index (Phi) is 6.26. The lowest BCUT2D eigenvalue weighted by molar-refractivity contribution is -0.118. The van der Waals surface area contributed by atoms with Crippen LogP contribution in [0.3, 0.4) is 0 Å². The molecule has 2 aromatic heterocycles. The summed E-state index contributed by atoms with van der Waals surface area (Å²) in [6, 6.07) is 6.48. The fourth-order valence-corrected chi connectivity index (χ4v) is 4.25. The van der Waals surface area contributed by atoms with Crippen LogP contribution in [-0.4, -0.2) is 26.3 Å². The van der Waals surface area contributed by atoms with E-state index >= 15 is 0 Å². The first kappa shape index (κ1) is 20.9. The number of hydrogen-bond acceptors (Lipinski definition) is 3. The second-order valence-corrected chi connectivity index (χ2v) is 8.40. The van der Waals surface area contributed by atoms with E-state index in [-0.39, 0.29) is 23.6 Å². The predicted molar refractivity (Wildman–Crippen MR) is 115 cm³/mol. The van der Waals surface area contributed by atoms with Gasteiger partial charge in [-0.05, 0) is 64.2 Å². The minimum atomic E-state index is -0.275. The number of aryl methyl sites for hydroxylation is 1. The zero-order valence-electron chi connectivity index (χ0n) is 18.1.